The zero-order valence-electron chi connectivity index (χ0n) is 6.95. The number of hydrogen-bond acceptors (Lipinski definition) is 3. The van der Waals surface area contributed by atoms with E-state index >= 15 is 0 Å². The predicted octanol–water partition coefficient (Wildman–Crippen LogP) is 0.200. The average molecular weight is 195 g/mol. The molecule has 0 aliphatic carbocycles. The zero-order valence-corrected chi connectivity index (χ0v) is 7.71. The highest BCUT2D eigenvalue weighted by Gasteiger charge is 2.14. The smallest absolute Gasteiger partial charge is 0.423 e. The molecule has 66 valence electrons. The Balaban J connectivity index is 3.30. The molecule has 0 amide bonds. The zero-order chi connectivity index (χ0) is 10.0. The van der Waals surface area contributed by atoms with Gasteiger partial charge in [-0.25, -0.2) is 0 Å². The fraction of sp³-hybridized carbons (Fsp3) is 0.125. The molecule has 0 bridgehead atoms. The van der Waals surface area contributed by atoms with Gasteiger partial charge in [0.15, 0.2) is 0 Å². The van der Waals surface area contributed by atoms with Crippen LogP contribution in [0.15, 0.2) is 12.1 Å². The first kappa shape index (κ1) is 10.1. The molecule has 3 nitrogen and oxygen atoms in total. The summed E-state index contributed by atoms with van der Waals surface area (Å²) in [5, 5.41) is 26.6. The Morgan fingerprint density at radius 1 is 1.46 bits per heavy atom. The number of nitriles is 1. The van der Waals surface area contributed by atoms with E-state index < -0.39 is 7.12 Å². The molecule has 0 atom stereocenters. The van der Waals surface area contributed by atoms with Crippen molar-refractivity contribution in [3.63, 3.8) is 0 Å². The number of rotatable bonds is 1. The van der Waals surface area contributed by atoms with E-state index in [-0.39, 0.29) is 5.02 Å². The fourth-order valence-corrected chi connectivity index (χ4v) is 1.38. The van der Waals surface area contributed by atoms with Gasteiger partial charge in [-0.15, -0.1) is 0 Å². The van der Waals surface area contributed by atoms with Crippen LogP contribution >= 0.6 is 11.6 Å². The minimum absolute atomic E-state index is 0.241. The Labute approximate surface area is 81.3 Å². The first-order valence-corrected chi connectivity index (χ1v) is 4.00. The summed E-state index contributed by atoms with van der Waals surface area (Å²) in [6.45, 7) is 1.69. The summed E-state index contributed by atoms with van der Waals surface area (Å²) in [7, 11) is -1.55. The summed E-state index contributed by atoms with van der Waals surface area (Å²) < 4.78 is 0. The molecule has 13 heavy (non-hydrogen) atoms. The van der Waals surface area contributed by atoms with E-state index in [4.69, 9.17) is 26.9 Å². The molecule has 0 aromatic heterocycles. The van der Waals surface area contributed by atoms with Crippen LogP contribution in [0.2, 0.25) is 5.02 Å². The van der Waals surface area contributed by atoms with Crippen molar-refractivity contribution >= 4 is 24.2 Å². The van der Waals surface area contributed by atoms with Gasteiger partial charge in [0.05, 0.1) is 10.6 Å². The van der Waals surface area contributed by atoms with Crippen molar-refractivity contribution in [2.75, 3.05) is 0 Å². The Kier molecular flexibility index (Phi) is 2.94. The number of hydrogen-bond donors (Lipinski definition) is 2. The van der Waals surface area contributed by atoms with Gasteiger partial charge in [0.25, 0.3) is 0 Å². The molecule has 0 aliphatic heterocycles. The van der Waals surface area contributed by atoms with Crippen molar-refractivity contribution in [2.24, 2.45) is 0 Å². The summed E-state index contributed by atoms with van der Waals surface area (Å²) in [6, 6.07) is 4.83. The SMILES string of the molecule is Cc1cc(B(O)O)cc(Cl)c1C#N. The van der Waals surface area contributed by atoms with Crippen LogP contribution < -0.4 is 5.46 Å². The maximum absolute atomic E-state index is 8.85. The lowest BCUT2D eigenvalue weighted by molar-refractivity contribution is 0.425. The molecule has 1 rings (SSSR count). The summed E-state index contributed by atoms with van der Waals surface area (Å²) >= 11 is 5.73. The first-order chi connectivity index (χ1) is 6.06. The number of halogens is 1. The van der Waals surface area contributed by atoms with E-state index in [1.165, 1.54) is 12.1 Å². The molecule has 0 radical (unpaired) electrons. The molecule has 0 fully saturated rings. The third-order valence-electron chi connectivity index (χ3n) is 1.72. The maximum atomic E-state index is 8.85. The van der Waals surface area contributed by atoms with Crippen LogP contribution in [0.1, 0.15) is 11.1 Å². The van der Waals surface area contributed by atoms with Crippen LogP contribution in [0.5, 0.6) is 0 Å². The predicted molar refractivity (Wildman–Crippen MR) is 50.7 cm³/mol. The lowest BCUT2D eigenvalue weighted by Crippen LogP contribution is -2.30. The molecule has 0 heterocycles. The second-order valence-corrected chi connectivity index (χ2v) is 3.09. The first-order valence-electron chi connectivity index (χ1n) is 3.62. The summed E-state index contributed by atoms with van der Waals surface area (Å²) in [6.07, 6.45) is 0. The van der Waals surface area contributed by atoms with Crippen LogP contribution in [0.3, 0.4) is 0 Å². The molecule has 0 saturated carbocycles. The molecular weight excluding hydrogens is 188 g/mol. The molecule has 0 aliphatic rings. The Hall–Kier alpha value is -1.02. The molecule has 0 spiro atoms. The van der Waals surface area contributed by atoms with Crippen molar-refractivity contribution in [3.8, 4) is 6.07 Å². The van der Waals surface area contributed by atoms with E-state index in [2.05, 4.69) is 0 Å². The highest BCUT2D eigenvalue weighted by Crippen LogP contribution is 2.16. The molecule has 0 saturated heterocycles. The largest absolute Gasteiger partial charge is 0.488 e. The standard InChI is InChI=1S/C8H7BClNO2/c1-5-2-6(9(12)13)3-8(10)7(5)4-11/h2-3,12-13H,1H3. The number of aryl methyl sites for hydroxylation is 1. The van der Waals surface area contributed by atoms with Crippen LogP contribution in [0.25, 0.3) is 0 Å². The quantitative estimate of drug-likeness (QED) is 0.629. The minimum Gasteiger partial charge on any atom is -0.423 e. The van der Waals surface area contributed by atoms with Gasteiger partial charge in [-0.2, -0.15) is 5.26 Å². The average Bonchev–Trinajstić information content (AvgIpc) is 2.03. The Morgan fingerprint density at radius 3 is 2.46 bits per heavy atom. The molecule has 1 aromatic carbocycles. The number of nitrogens with zero attached hydrogens (tertiary/aromatic N) is 1. The Bertz CT molecular complexity index is 350. The van der Waals surface area contributed by atoms with Crippen LogP contribution in [-0.4, -0.2) is 17.2 Å². The second kappa shape index (κ2) is 3.80. The van der Waals surface area contributed by atoms with E-state index in [0.717, 1.165) is 0 Å². The minimum atomic E-state index is -1.55. The highest BCUT2D eigenvalue weighted by atomic mass is 35.5. The van der Waals surface area contributed by atoms with Gasteiger partial charge in [-0.1, -0.05) is 17.7 Å². The van der Waals surface area contributed by atoms with Gasteiger partial charge in [0.2, 0.25) is 0 Å². The number of benzene rings is 1. The van der Waals surface area contributed by atoms with Crippen LogP contribution in [0, 0.1) is 18.3 Å². The lowest BCUT2D eigenvalue weighted by Gasteiger charge is -2.04. The topological polar surface area (TPSA) is 64.2 Å². The molecular formula is C8H7BClNO2. The lowest BCUT2D eigenvalue weighted by atomic mass is 9.79. The summed E-state index contributed by atoms with van der Waals surface area (Å²) in [5.41, 5.74) is 1.30. The van der Waals surface area contributed by atoms with Crippen molar-refractivity contribution < 1.29 is 10.0 Å². The summed E-state index contributed by atoms with van der Waals surface area (Å²) in [5.74, 6) is 0. The van der Waals surface area contributed by atoms with E-state index in [1.54, 1.807) is 6.92 Å². The third kappa shape index (κ3) is 2.01. The third-order valence-corrected chi connectivity index (χ3v) is 2.02. The van der Waals surface area contributed by atoms with Crippen molar-refractivity contribution in [1.29, 1.82) is 5.26 Å². The van der Waals surface area contributed by atoms with Gasteiger partial charge in [0.1, 0.15) is 6.07 Å². The van der Waals surface area contributed by atoms with Gasteiger partial charge in [-0.3, -0.25) is 0 Å². The van der Waals surface area contributed by atoms with Gasteiger partial charge >= 0.3 is 7.12 Å². The van der Waals surface area contributed by atoms with E-state index in [0.29, 0.717) is 16.6 Å². The highest BCUT2D eigenvalue weighted by molar-refractivity contribution is 6.59. The van der Waals surface area contributed by atoms with E-state index in [1.807, 2.05) is 6.07 Å². The molecule has 2 N–H and O–H groups in total. The van der Waals surface area contributed by atoms with Gasteiger partial charge < -0.3 is 10.0 Å². The molecule has 5 heteroatoms. The second-order valence-electron chi connectivity index (χ2n) is 2.68. The normalized spacial score (nSPS) is 9.46. The van der Waals surface area contributed by atoms with Crippen LogP contribution in [0.4, 0.5) is 0 Å². The molecule has 0 unspecified atom stereocenters. The van der Waals surface area contributed by atoms with E-state index in [9.17, 15) is 0 Å². The van der Waals surface area contributed by atoms with Gasteiger partial charge in [-0.05, 0) is 24.0 Å². The van der Waals surface area contributed by atoms with Gasteiger partial charge in [0, 0.05) is 0 Å². The Morgan fingerprint density at radius 2 is 2.08 bits per heavy atom. The van der Waals surface area contributed by atoms with Crippen LogP contribution in [-0.2, 0) is 0 Å². The maximum Gasteiger partial charge on any atom is 0.488 e. The van der Waals surface area contributed by atoms with Crippen molar-refractivity contribution in [2.45, 2.75) is 6.92 Å². The fourth-order valence-electron chi connectivity index (χ4n) is 1.06. The monoisotopic (exact) mass is 195 g/mol. The van der Waals surface area contributed by atoms with Crippen molar-refractivity contribution in [3.05, 3.63) is 28.3 Å². The summed E-state index contributed by atoms with van der Waals surface area (Å²) in [4.78, 5) is 0. The molecule has 1 aromatic rings. The van der Waals surface area contributed by atoms with Crippen molar-refractivity contribution in [1.82, 2.24) is 0 Å².